The highest BCUT2D eigenvalue weighted by Crippen LogP contribution is 2.23. The van der Waals surface area contributed by atoms with Crippen LogP contribution in [0.25, 0.3) is 0 Å². The van der Waals surface area contributed by atoms with Crippen molar-refractivity contribution in [3.63, 3.8) is 0 Å². The molecular formula is C13H24N2. The van der Waals surface area contributed by atoms with Crippen LogP contribution in [0.15, 0.2) is 0 Å². The summed E-state index contributed by atoms with van der Waals surface area (Å²) in [6, 6.07) is 1.73. The fraction of sp³-hybridized carbons (Fsp3) is 0.846. The van der Waals surface area contributed by atoms with Crippen molar-refractivity contribution in [2.75, 3.05) is 14.1 Å². The molecule has 1 N–H and O–H groups in total. The highest BCUT2D eigenvalue weighted by atomic mass is 15.2. The van der Waals surface area contributed by atoms with Crippen molar-refractivity contribution in [1.82, 2.24) is 10.2 Å². The molecule has 0 aliphatic heterocycles. The molecule has 86 valence electrons. The van der Waals surface area contributed by atoms with Crippen molar-refractivity contribution >= 4 is 0 Å². The van der Waals surface area contributed by atoms with Gasteiger partial charge in [-0.05, 0) is 46.2 Å². The van der Waals surface area contributed by atoms with Crippen molar-refractivity contribution < 1.29 is 0 Å². The number of hydrogen-bond donors (Lipinski definition) is 1. The zero-order valence-corrected chi connectivity index (χ0v) is 10.3. The lowest BCUT2D eigenvalue weighted by Gasteiger charge is -2.37. The van der Waals surface area contributed by atoms with Gasteiger partial charge in [0.1, 0.15) is 0 Å². The van der Waals surface area contributed by atoms with Crippen molar-refractivity contribution in [2.24, 2.45) is 0 Å². The number of hydrogen-bond acceptors (Lipinski definition) is 2. The van der Waals surface area contributed by atoms with Gasteiger partial charge in [0, 0.05) is 12.1 Å². The van der Waals surface area contributed by atoms with Gasteiger partial charge in [-0.1, -0.05) is 12.8 Å². The van der Waals surface area contributed by atoms with Gasteiger partial charge in [-0.25, -0.2) is 0 Å². The maximum atomic E-state index is 5.54. The van der Waals surface area contributed by atoms with E-state index in [1.165, 1.54) is 25.7 Å². The Morgan fingerprint density at radius 1 is 1.40 bits per heavy atom. The standard InChI is InChI=1S/C13H24N2/c1-5-12(6-2)15(4)13-9-7-11(14-3)8-10-13/h1,11-14H,6-10H2,2-4H3. The third-order valence-electron chi connectivity index (χ3n) is 3.75. The monoisotopic (exact) mass is 208 g/mol. The zero-order chi connectivity index (χ0) is 11.3. The van der Waals surface area contributed by atoms with E-state index in [1.54, 1.807) is 0 Å². The van der Waals surface area contributed by atoms with Crippen molar-refractivity contribution in [3.05, 3.63) is 0 Å². The molecule has 0 spiro atoms. The van der Waals surface area contributed by atoms with E-state index in [1.807, 2.05) is 0 Å². The van der Waals surface area contributed by atoms with Gasteiger partial charge < -0.3 is 5.32 Å². The average Bonchev–Trinajstić information content (AvgIpc) is 2.30. The van der Waals surface area contributed by atoms with E-state index in [-0.39, 0.29) is 0 Å². The molecule has 0 bridgehead atoms. The van der Waals surface area contributed by atoms with Crippen molar-refractivity contribution in [1.29, 1.82) is 0 Å². The number of nitrogens with one attached hydrogen (secondary N) is 1. The Morgan fingerprint density at radius 2 is 2.00 bits per heavy atom. The minimum Gasteiger partial charge on any atom is -0.317 e. The quantitative estimate of drug-likeness (QED) is 0.709. The van der Waals surface area contributed by atoms with Crippen LogP contribution < -0.4 is 5.32 Å². The molecule has 1 aliphatic carbocycles. The molecule has 0 saturated heterocycles. The second-order valence-corrected chi connectivity index (χ2v) is 4.55. The fourth-order valence-corrected chi connectivity index (χ4v) is 2.55. The Balaban J connectivity index is 2.42. The molecule has 2 nitrogen and oxygen atoms in total. The molecule has 0 amide bonds. The molecule has 1 aliphatic rings. The summed E-state index contributed by atoms with van der Waals surface area (Å²) >= 11 is 0. The van der Waals surface area contributed by atoms with Crippen LogP contribution in [0.4, 0.5) is 0 Å². The molecule has 1 saturated carbocycles. The van der Waals surface area contributed by atoms with Crippen LogP contribution in [0.5, 0.6) is 0 Å². The third kappa shape index (κ3) is 3.22. The molecule has 0 aromatic carbocycles. The second-order valence-electron chi connectivity index (χ2n) is 4.55. The highest BCUT2D eigenvalue weighted by Gasteiger charge is 2.25. The molecular weight excluding hydrogens is 184 g/mol. The maximum absolute atomic E-state index is 5.54. The predicted octanol–water partition coefficient (Wildman–Crippen LogP) is 1.86. The Kier molecular flexibility index (Phi) is 5.14. The van der Waals surface area contributed by atoms with E-state index in [4.69, 9.17) is 6.42 Å². The first-order valence-corrected chi connectivity index (χ1v) is 6.08. The van der Waals surface area contributed by atoms with Crippen LogP contribution in [0.3, 0.4) is 0 Å². The van der Waals surface area contributed by atoms with Gasteiger partial charge >= 0.3 is 0 Å². The normalized spacial score (nSPS) is 28.7. The van der Waals surface area contributed by atoms with Crippen LogP contribution >= 0.6 is 0 Å². The SMILES string of the molecule is C#CC(CC)N(C)C1CCC(NC)CC1. The summed E-state index contributed by atoms with van der Waals surface area (Å²) in [7, 11) is 4.24. The summed E-state index contributed by atoms with van der Waals surface area (Å²) in [5, 5.41) is 3.36. The van der Waals surface area contributed by atoms with Crippen LogP contribution in [-0.4, -0.2) is 37.1 Å². The molecule has 1 fully saturated rings. The van der Waals surface area contributed by atoms with E-state index in [9.17, 15) is 0 Å². The van der Waals surface area contributed by atoms with Gasteiger partial charge in [0.05, 0.1) is 6.04 Å². The Hall–Kier alpha value is -0.520. The average molecular weight is 208 g/mol. The Morgan fingerprint density at radius 3 is 2.40 bits per heavy atom. The van der Waals surface area contributed by atoms with Crippen molar-refractivity contribution in [3.8, 4) is 12.3 Å². The molecule has 0 radical (unpaired) electrons. The molecule has 1 unspecified atom stereocenters. The topological polar surface area (TPSA) is 15.3 Å². The maximum Gasteiger partial charge on any atom is 0.0709 e. The van der Waals surface area contributed by atoms with Gasteiger partial charge in [-0.15, -0.1) is 6.42 Å². The van der Waals surface area contributed by atoms with Gasteiger partial charge in [0.15, 0.2) is 0 Å². The molecule has 15 heavy (non-hydrogen) atoms. The van der Waals surface area contributed by atoms with Crippen LogP contribution in [0, 0.1) is 12.3 Å². The largest absolute Gasteiger partial charge is 0.317 e. The lowest BCUT2D eigenvalue weighted by atomic mass is 9.89. The molecule has 0 heterocycles. The summed E-state index contributed by atoms with van der Waals surface area (Å²) in [5.41, 5.74) is 0. The summed E-state index contributed by atoms with van der Waals surface area (Å²) in [4.78, 5) is 2.39. The van der Waals surface area contributed by atoms with Gasteiger partial charge in [-0.2, -0.15) is 0 Å². The Bertz CT molecular complexity index is 211. The predicted molar refractivity (Wildman–Crippen MR) is 65.8 cm³/mol. The van der Waals surface area contributed by atoms with E-state index >= 15 is 0 Å². The first kappa shape index (κ1) is 12.5. The van der Waals surface area contributed by atoms with E-state index in [2.05, 4.69) is 37.2 Å². The van der Waals surface area contributed by atoms with E-state index in [0.29, 0.717) is 12.1 Å². The molecule has 1 atom stereocenters. The Labute approximate surface area is 94.4 Å². The lowest BCUT2D eigenvalue weighted by Crippen LogP contribution is -2.43. The minimum atomic E-state index is 0.320. The molecule has 0 aromatic heterocycles. The number of terminal acetylenes is 1. The van der Waals surface area contributed by atoms with Crippen LogP contribution in [0.1, 0.15) is 39.0 Å². The van der Waals surface area contributed by atoms with Crippen molar-refractivity contribution in [2.45, 2.75) is 57.2 Å². The van der Waals surface area contributed by atoms with Gasteiger partial charge in [-0.3, -0.25) is 4.90 Å². The summed E-state index contributed by atoms with van der Waals surface area (Å²) in [6.07, 6.45) is 11.7. The lowest BCUT2D eigenvalue weighted by molar-refractivity contribution is 0.150. The first-order valence-electron chi connectivity index (χ1n) is 6.08. The second kappa shape index (κ2) is 6.15. The number of rotatable bonds is 4. The molecule has 1 rings (SSSR count). The smallest absolute Gasteiger partial charge is 0.0709 e. The van der Waals surface area contributed by atoms with Crippen LogP contribution in [-0.2, 0) is 0 Å². The molecule has 0 aromatic rings. The fourth-order valence-electron chi connectivity index (χ4n) is 2.55. The van der Waals surface area contributed by atoms with E-state index < -0.39 is 0 Å². The van der Waals surface area contributed by atoms with E-state index in [0.717, 1.165) is 12.5 Å². The first-order chi connectivity index (χ1) is 7.22. The summed E-state index contributed by atoms with van der Waals surface area (Å²) in [5.74, 6) is 2.88. The third-order valence-corrected chi connectivity index (χ3v) is 3.75. The minimum absolute atomic E-state index is 0.320. The summed E-state index contributed by atoms with van der Waals surface area (Å²) < 4.78 is 0. The molecule has 2 heteroatoms. The zero-order valence-electron chi connectivity index (χ0n) is 10.3. The summed E-state index contributed by atoms with van der Waals surface area (Å²) in [6.45, 7) is 2.17. The van der Waals surface area contributed by atoms with Gasteiger partial charge in [0.25, 0.3) is 0 Å². The number of nitrogens with zero attached hydrogens (tertiary/aromatic N) is 1. The van der Waals surface area contributed by atoms with Crippen LogP contribution in [0.2, 0.25) is 0 Å². The van der Waals surface area contributed by atoms with Gasteiger partial charge in [0.2, 0.25) is 0 Å². The highest BCUT2D eigenvalue weighted by molar-refractivity contribution is 5.00.